The number of phenols is 1. The van der Waals surface area contributed by atoms with Crippen LogP contribution in [0.4, 0.5) is 0 Å². The van der Waals surface area contributed by atoms with Crippen molar-refractivity contribution >= 4 is 44.1 Å². The molecule has 1 radical (unpaired) electrons. The van der Waals surface area contributed by atoms with Crippen molar-refractivity contribution in [3.63, 3.8) is 0 Å². The van der Waals surface area contributed by atoms with Crippen molar-refractivity contribution in [1.82, 2.24) is 39.9 Å². The zero-order valence-corrected chi connectivity index (χ0v) is 23.1. The topological polar surface area (TPSA) is 129 Å². The normalized spacial score (nSPS) is 11.7. The molecule has 0 aliphatic carbocycles. The maximum absolute atomic E-state index is 10.9. The molecule has 9 nitrogen and oxygen atoms in total. The molecule has 2 aliphatic heterocycles. The number of benzene rings is 4. The molecule has 9 rings (SSSR count). The van der Waals surface area contributed by atoms with Crippen LogP contribution in [0.15, 0.2) is 91.0 Å². The van der Waals surface area contributed by atoms with Crippen molar-refractivity contribution in [2.24, 2.45) is 0 Å². The van der Waals surface area contributed by atoms with Gasteiger partial charge in [0.1, 0.15) is 28.3 Å². The molecule has 0 amide bonds. The molecule has 0 atom stereocenters. The molecule has 42 heavy (non-hydrogen) atoms. The number of rotatable bonds is 0. The number of aromatic hydroxyl groups is 1. The van der Waals surface area contributed by atoms with Crippen LogP contribution < -0.4 is 0 Å². The number of hydrogen-bond acceptors (Lipinski definition) is 7. The summed E-state index contributed by atoms with van der Waals surface area (Å²) >= 11 is 0. The summed E-state index contributed by atoms with van der Waals surface area (Å²) in [7, 11) is 0. The van der Waals surface area contributed by atoms with Gasteiger partial charge in [0.25, 0.3) is 0 Å². The first-order chi connectivity index (χ1) is 20.2. The predicted molar refractivity (Wildman–Crippen MR) is 158 cm³/mol. The molecule has 0 spiro atoms. The molecule has 0 unspecified atom stereocenters. The second-order valence-electron chi connectivity index (χ2n) is 9.95. The summed E-state index contributed by atoms with van der Waals surface area (Å²) in [5.74, 6) is 2.19. The first-order valence-corrected chi connectivity index (χ1v) is 13.1. The minimum atomic E-state index is 0. The minimum Gasteiger partial charge on any atom is -0.507 e. The van der Waals surface area contributed by atoms with Gasteiger partial charge in [0.05, 0.1) is 5.39 Å². The van der Waals surface area contributed by atoms with Gasteiger partial charge in [0.15, 0.2) is 23.3 Å². The zero-order valence-electron chi connectivity index (χ0n) is 21.6. The van der Waals surface area contributed by atoms with Crippen LogP contribution in [0.25, 0.3) is 89.7 Å². The Morgan fingerprint density at radius 3 is 1.29 bits per heavy atom. The standard InChI is InChI=1S/C32H18N8O.Ag/c41-23-15-7-14-22-24(23)32-39-30-21-13-6-5-12-20(21)28(37-30)35-26-17-9-2-1-8-16(17)25(33-26)34-27-18-10-3-4-11-19(18)29(36-27)38-31(22)40-32;/h1-15,41H,(H2,33,34,35,36,37,38,39,40);. The molecule has 203 valence electrons. The fraction of sp³-hybridized carbons (Fsp3) is 0. The Morgan fingerprint density at radius 2 is 0.786 bits per heavy atom. The molecular weight excluding hydrogens is 620 g/mol. The Kier molecular flexibility index (Phi) is 5.35. The molecule has 2 aliphatic rings. The van der Waals surface area contributed by atoms with Crippen molar-refractivity contribution in [2.45, 2.75) is 0 Å². The third kappa shape index (κ3) is 3.55. The molecule has 3 N–H and O–H groups in total. The van der Waals surface area contributed by atoms with Crippen LogP contribution >= 0.6 is 0 Å². The Hall–Kier alpha value is -5.22. The van der Waals surface area contributed by atoms with E-state index in [0.717, 1.165) is 38.4 Å². The predicted octanol–water partition coefficient (Wildman–Crippen LogP) is 6.57. The van der Waals surface area contributed by atoms with Crippen LogP contribution in [0, 0.1) is 0 Å². The maximum atomic E-state index is 10.9. The smallest absolute Gasteiger partial charge is 0.164 e. The number of fused-ring (bicyclic) bond motifs is 20. The summed E-state index contributed by atoms with van der Waals surface area (Å²) in [5.41, 5.74) is 5.74. The van der Waals surface area contributed by atoms with Gasteiger partial charge >= 0.3 is 0 Å². The molecule has 4 aromatic carbocycles. The molecule has 10 heteroatoms. The Bertz CT molecular complexity index is 2410. The fourth-order valence-electron chi connectivity index (χ4n) is 5.67. The molecule has 7 aromatic rings. The van der Waals surface area contributed by atoms with Crippen LogP contribution in [-0.4, -0.2) is 45.0 Å². The van der Waals surface area contributed by atoms with Crippen LogP contribution in [0.1, 0.15) is 0 Å². The van der Waals surface area contributed by atoms with Crippen molar-refractivity contribution in [3.8, 4) is 51.3 Å². The van der Waals surface area contributed by atoms with E-state index in [-0.39, 0.29) is 28.1 Å². The van der Waals surface area contributed by atoms with E-state index in [0.29, 0.717) is 51.3 Å². The quantitative estimate of drug-likeness (QED) is 0.160. The number of phenolic OH excluding ortho intramolecular Hbond substituents is 1. The molecule has 0 fully saturated rings. The SMILES string of the molecule is Oc1cccc2c3nc4nc(nc5[nH]c(nc6nc(nc([nH]3)c12)-c1ccccc1-6)c1ccccc51)-c1ccccc1-4.[Ag]. The third-order valence-electron chi connectivity index (χ3n) is 7.56. The number of nitrogens with one attached hydrogen (secondary N) is 2. The Labute approximate surface area is 253 Å². The summed E-state index contributed by atoms with van der Waals surface area (Å²) in [6.45, 7) is 0. The average Bonchev–Trinajstić information content (AvgIpc) is 3.73. The summed E-state index contributed by atoms with van der Waals surface area (Å²) in [5, 5.41) is 14.0. The second kappa shape index (κ2) is 9.15. The van der Waals surface area contributed by atoms with Gasteiger partial charge in [0, 0.05) is 60.8 Å². The number of aromatic amines is 2. The van der Waals surface area contributed by atoms with E-state index >= 15 is 0 Å². The van der Waals surface area contributed by atoms with Gasteiger partial charge in [-0.05, 0) is 6.07 Å². The van der Waals surface area contributed by atoms with Gasteiger partial charge in [-0.2, -0.15) is 0 Å². The Morgan fingerprint density at radius 1 is 0.405 bits per heavy atom. The van der Waals surface area contributed by atoms with E-state index in [2.05, 4.69) is 9.97 Å². The van der Waals surface area contributed by atoms with Gasteiger partial charge in [-0.3, -0.25) is 0 Å². The number of aromatic nitrogens is 8. The molecular formula is C32H18AgN8O. The molecule has 8 bridgehead atoms. The molecule has 0 saturated carbocycles. The monoisotopic (exact) mass is 637 g/mol. The van der Waals surface area contributed by atoms with Gasteiger partial charge in [0.2, 0.25) is 0 Å². The average molecular weight is 638 g/mol. The van der Waals surface area contributed by atoms with Crippen molar-refractivity contribution in [1.29, 1.82) is 0 Å². The Balaban J connectivity index is 0.00000267. The van der Waals surface area contributed by atoms with Crippen LogP contribution in [-0.2, 0) is 22.4 Å². The van der Waals surface area contributed by atoms with Crippen molar-refractivity contribution in [3.05, 3.63) is 91.0 Å². The van der Waals surface area contributed by atoms with E-state index in [9.17, 15) is 5.11 Å². The zero-order chi connectivity index (χ0) is 27.1. The van der Waals surface area contributed by atoms with E-state index in [4.69, 9.17) is 29.9 Å². The van der Waals surface area contributed by atoms with Gasteiger partial charge in [-0.15, -0.1) is 0 Å². The molecule has 3 aromatic heterocycles. The number of H-pyrrole nitrogens is 2. The number of hydrogen-bond donors (Lipinski definition) is 3. The van der Waals surface area contributed by atoms with Gasteiger partial charge in [-0.25, -0.2) is 29.9 Å². The minimum absolute atomic E-state index is 0. The van der Waals surface area contributed by atoms with Crippen LogP contribution in [0.3, 0.4) is 0 Å². The van der Waals surface area contributed by atoms with Gasteiger partial charge in [-0.1, -0.05) is 84.9 Å². The van der Waals surface area contributed by atoms with Crippen molar-refractivity contribution < 1.29 is 27.5 Å². The summed E-state index contributed by atoms with van der Waals surface area (Å²) in [4.78, 5) is 36.3. The summed E-state index contributed by atoms with van der Waals surface area (Å²) < 4.78 is 0. The molecule has 0 saturated heterocycles. The van der Waals surface area contributed by atoms with E-state index in [1.165, 1.54) is 0 Å². The third-order valence-corrected chi connectivity index (χ3v) is 7.56. The largest absolute Gasteiger partial charge is 0.507 e. The van der Waals surface area contributed by atoms with Gasteiger partial charge < -0.3 is 15.1 Å². The van der Waals surface area contributed by atoms with E-state index < -0.39 is 0 Å². The first-order valence-electron chi connectivity index (χ1n) is 13.1. The molecule has 5 heterocycles. The summed E-state index contributed by atoms with van der Waals surface area (Å²) in [6, 6.07) is 29.1. The van der Waals surface area contributed by atoms with Crippen LogP contribution in [0.2, 0.25) is 0 Å². The first kappa shape index (κ1) is 24.6. The summed E-state index contributed by atoms with van der Waals surface area (Å²) in [6.07, 6.45) is 0. The maximum Gasteiger partial charge on any atom is 0.164 e. The van der Waals surface area contributed by atoms with Crippen LogP contribution in [0.5, 0.6) is 5.75 Å². The fourth-order valence-corrected chi connectivity index (χ4v) is 5.67. The van der Waals surface area contributed by atoms with Crippen molar-refractivity contribution in [2.75, 3.05) is 0 Å². The van der Waals surface area contributed by atoms with E-state index in [1.807, 2.05) is 78.9 Å². The van der Waals surface area contributed by atoms with E-state index in [1.54, 1.807) is 12.1 Å². The number of nitrogens with zero attached hydrogens (tertiary/aromatic N) is 6. The second-order valence-corrected chi connectivity index (χ2v) is 9.95.